The second kappa shape index (κ2) is 6.61. The van der Waals surface area contributed by atoms with E-state index in [1.807, 2.05) is 12.1 Å². The molecular weight excluding hydrogens is 332 g/mol. The molecule has 144 valence electrons. The van der Waals surface area contributed by atoms with Gasteiger partial charge in [-0.05, 0) is 50.5 Å². The fraction of sp³-hybridized carbons (Fsp3) is 0.714. The molecule has 2 heterocycles. The highest BCUT2D eigenvalue weighted by atomic mass is 16.5. The van der Waals surface area contributed by atoms with Gasteiger partial charge in [-0.15, -0.1) is 0 Å². The molecule has 2 bridgehead atoms. The average Bonchev–Trinajstić information content (AvgIpc) is 2.85. The minimum atomic E-state index is -0.282. The van der Waals surface area contributed by atoms with E-state index < -0.39 is 0 Å². The summed E-state index contributed by atoms with van der Waals surface area (Å²) < 4.78 is 24.0. The van der Waals surface area contributed by atoms with Crippen molar-refractivity contribution >= 4 is 0 Å². The van der Waals surface area contributed by atoms with Crippen molar-refractivity contribution in [2.24, 2.45) is 17.8 Å². The number of fused-ring (bicyclic) bond motifs is 3. The van der Waals surface area contributed by atoms with E-state index in [0.29, 0.717) is 19.1 Å². The molecule has 1 saturated heterocycles. The summed E-state index contributed by atoms with van der Waals surface area (Å²) >= 11 is 0. The van der Waals surface area contributed by atoms with E-state index in [0.717, 1.165) is 42.1 Å². The Morgan fingerprint density at radius 2 is 1.81 bits per heavy atom. The van der Waals surface area contributed by atoms with Gasteiger partial charge in [0.2, 0.25) is 0 Å². The fourth-order valence-corrected chi connectivity index (χ4v) is 4.81. The van der Waals surface area contributed by atoms with Gasteiger partial charge in [0.1, 0.15) is 5.75 Å². The van der Waals surface area contributed by atoms with E-state index in [1.54, 1.807) is 7.11 Å². The molecule has 1 saturated carbocycles. The first-order valence-corrected chi connectivity index (χ1v) is 9.74. The molecule has 0 spiro atoms. The van der Waals surface area contributed by atoms with E-state index in [1.165, 1.54) is 0 Å². The summed E-state index contributed by atoms with van der Waals surface area (Å²) in [6.45, 7) is 7.71. The molecular formula is C21H30O5. The Labute approximate surface area is 155 Å². The van der Waals surface area contributed by atoms with Crippen molar-refractivity contribution in [3.05, 3.63) is 17.7 Å². The molecule has 1 aromatic rings. The van der Waals surface area contributed by atoms with Crippen molar-refractivity contribution in [1.29, 1.82) is 0 Å². The number of hydrogen-bond donors (Lipinski definition) is 1. The van der Waals surface area contributed by atoms with Crippen LogP contribution in [0.5, 0.6) is 17.2 Å². The molecule has 0 radical (unpaired) electrons. The standard InChI is InChI=1S/C21H30O5/c1-12-14-8-13(9-16(12)22)21(2,3)26-20(14)15-10-18-19(11-17(15)23-4)25-7-5-6-24-18/h10-14,16,20,22H,5-9H2,1-4H3/t12-,13?,14?,16-,20+/m0/s1. The number of aliphatic hydroxyl groups excluding tert-OH is 1. The maximum atomic E-state index is 10.6. The molecule has 2 unspecified atom stereocenters. The molecule has 26 heavy (non-hydrogen) atoms. The number of benzene rings is 1. The van der Waals surface area contributed by atoms with Gasteiger partial charge in [0.05, 0.1) is 38.1 Å². The van der Waals surface area contributed by atoms with E-state index in [2.05, 4.69) is 20.8 Å². The third-order valence-corrected chi connectivity index (χ3v) is 6.57. The lowest BCUT2D eigenvalue weighted by atomic mass is 9.63. The van der Waals surface area contributed by atoms with Crippen LogP contribution in [0.3, 0.4) is 0 Å². The molecule has 1 N–H and O–H groups in total. The minimum absolute atomic E-state index is 0.127. The molecule has 5 atom stereocenters. The molecule has 5 nitrogen and oxygen atoms in total. The van der Waals surface area contributed by atoms with Crippen LogP contribution in [0.1, 0.15) is 51.7 Å². The molecule has 1 aromatic carbocycles. The van der Waals surface area contributed by atoms with Crippen LogP contribution in [0.2, 0.25) is 0 Å². The van der Waals surface area contributed by atoms with Gasteiger partial charge in [-0.2, -0.15) is 0 Å². The normalized spacial score (nSPS) is 35.5. The Morgan fingerprint density at radius 1 is 1.12 bits per heavy atom. The third kappa shape index (κ3) is 2.95. The lowest BCUT2D eigenvalue weighted by Gasteiger charge is -2.53. The van der Waals surface area contributed by atoms with E-state index in [4.69, 9.17) is 18.9 Å². The number of rotatable bonds is 2. The monoisotopic (exact) mass is 362 g/mol. The van der Waals surface area contributed by atoms with Crippen molar-refractivity contribution in [1.82, 2.24) is 0 Å². The van der Waals surface area contributed by atoms with Crippen LogP contribution in [0, 0.1) is 17.8 Å². The third-order valence-electron chi connectivity index (χ3n) is 6.57. The summed E-state index contributed by atoms with van der Waals surface area (Å²) in [6.07, 6.45) is 2.34. The molecule has 0 aromatic heterocycles. The predicted octanol–water partition coefficient (Wildman–Crippen LogP) is 3.73. The van der Waals surface area contributed by atoms with Crippen molar-refractivity contribution in [2.45, 2.75) is 57.8 Å². The highest BCUT2D eigenvalue weighted by molar-refractivity contribution is 5.52. The maximum absolute atomic E-state index is 10.6. The molecule has 2 aliphatic heterocycles. The van der Waals surface area contributed by atoms with Crippen LogP contribution < -0.4 is 14.2 Å². The zero-order chi connectivity index (χ0) is 18.5. The Kier molecular flexibility index (Phi) is 4.56. The smallest absolute Gasteiger partial charge is 0.164 e. The first-order chi connectivity index (χ1) is 12.4. The van der Waals surface area contributed by atoms with Gasteiger partial charge in [0.15, 0.2) is 11.5 Å². The Hall–Kier alpha value is -1.46. The number of aliphatic hydroxyl groups is 1. The van der Waals surface area contributed by atoms with Crippen molar-refractivity contribution in [2.75, 3.05) is 20.3 Å². The first-order valence-electron chi connectivity index (χ1n) is 9.74. The SMILES string of the molecule is COc1cc2c(cc1[C@@H]1OC(C)(C)C3CC1[C@H](C)[C@@H](O)C3)OCCCO2. The molecule has 3 aliphatic rings. The number of hydrogen-bond acceptors (Lipinski definition) is 5. The number of methoxy groups -OCH3 is 1. The van der Waals surface area contributed by atoms with Crippen LogP contribution in [-0.2, 0) is 4.74 Å². The van der Waals surface area contributed by atoms with Crippen LogP contribution in [0.4, 0.5) is 0 Å². The van der Waals surface area contributed by atoms with Gasteiger partial charge in [-0.25, -0.2) is 0 Å². The van der Waals surface area contributed by atoms with E-state index in [9.17, 15) is 5.11 Å². The van der Waals surface area contributed by atoms with Crippen molar-refractivity contribution in [3.63, 3.8) is 0 Å². The highest BCUT2D eigenvalue weighted by Gasteiger charge is 2.51. The molecule has 2 fully saturated rings. The summed E-state index contributed by atoms with van der Waals surface area (Å²) in [5.41, 5.74) is 0.714. The van der Waals surface area contributed by atoms with Crippen molar-refractivity contribution in [3.8, 4) is 17.2 Å². The maximum Gasteiger partial charge on any atom is 0.164 e. The molecule has 5 heteroatoms. The van der Waals surface area contributed by atoms with Crippen molar-refractivity contribution < 1.29 is 24.1 Å². The quantitative estimate of drug-likeness (QED) is 0.869. The Bertz CT molecular complexity index is 671. The average molecular weight is 362 g/mol. The van der Waals surface area contributed by atoms with Crippen LogP contribution in [-0.4, -0.2) is 37.1 Å². The molecule has 0 amide bonds. The summed E-state index contributed by atoms with van der Waals surface area (Å²) in [7, 11) is 1.68. The van der Waals surface area contributed by atoms with Gasteiger partial charge in [-0.3, -0.25) is 0 Å². The van der Waals surface area contributed by atoms with Gasteiger partial charge in [0, 0.05) is 18.1 Å². The summed E-state index contributed by atoms with van der Waals surface area (Å²) in [5, 5.41) is 10.6. The zero-order valence-electron chi connectivity index (χ0n) is 16.2. The van der Waals surface area contributed by atoms with E-state index in [-0.39, 0.29) is 29.6 Å². The van der Waals surface area contributed by atoms with Gasteiger partial charge >= 0.3 is 0 Å². The fourth-order valence-electron chi connectivity index (χ4n) is 4.81. The van der Waals surface area contributed by atoms with E-state index >= 15 is 0 Å². The van der Waals surface area contributed by atoms with Crippen LogP contribution in [0.15, 0.2) is 12.1 Å². The summed E-state index contributed by atoms with van der Waals surface area (Å²) in [4.78, 5) is 0. The van der Waals surface area contributed by atoms with Gasteiger partial charge < -0.3 is 24.1 Å². The summed E-state index contributed by atoms with van der Waals surface area (Å²) in [6, 6.07) is 3.94. The minimum Gasteiger partial charge on any atom is -0.496 e. The van der Waals surface area contributed by atoms with Crippen LogP contribution in [0.25, 0.3) is 0 Å². The lowest BCUT2D eigenvalue weighted by Crippen LogP contribution is -2.52. The first kappa shape index (κ1) is 17.9. The predicted molar refractivity (Wildman–Crippen MR) is 97.9 cm³/mol. The zero-order valence-corrected chi connectivity index (χ0v) is 16.2. The lowest BCUT2D eigenvalue weighted by molar-refractivity contribution is -0.215. The topological polar surface area (TPSA) is 57.2 Å². The molecule has 1 aliphatic carbocycles. The second-order valence-corrected chi connectivity index (χ2v) is 8.49. The summed E-state index contributed by atoms with van der Waals surface area (Å²) in [5.74, 6) is 3.07. The van der Waals surface area contributed by atoms with Gasteiger partial charge in [-0.1, -0.05) is 6.92 Å². The molecule has 4 rings (SSSR count). The van der Waals surface area contributed by atoms with Crippen LogP contribution >= 0.6 is 0 Å². The highest BCUT2D eigenvalue weighted by Crippen LogP contribution is 2.55. The largest absolute Gasteiger partial charge is 0.496 e. The Balaban J connectivity index is 1.76. The second-order valence-electron chi connectivity index (χ2n) is 8.49. The van der Waals surface area contributed by atoms with Gasteiger partial charge in [0.25, 0.3) is 0 Å². The number of ether oxygens (including phenoxy) is 4. The Morgan fingerprint density at radius 3 is 2.50 bits per heavy atom.